The van der Waals surface area contributed by atoms with Gasteiger partial charge in [0.25, 0.3) is 0 Å². The highest BCUT2D eigenvalue weighted by Crippen LogP contribution is 2.27. The van der Waals surface area contributed by atoms with Gasteiger partial charge in [0.05, 0.1) is 6.04 Å². The fourth-order valence-corrected chi connectivity index (χ4v) is 5.30. The van der Waals surface area contributed by atoms with E-state index in [-0.39, 0.29) is 11.9 Å². The van der Waals surface area contributed by atoms with Crippen LogP contribution in [-0.4, -0.2) is 42.5 Å². The summed E-state index contributed by atoms with van der Waals surface area (Å²) < 4.78 is 0. The number of nitrogens with zero attached hydrogens (tertiary/aromatic N) is 1. The SMILES string of the molecule is CNC(=O)[C@@H]1C[C@@H](NC2Cc3ccccc3C2)CN1Cc1cccc2ccccc12. The first-order valence-corrected chi connectivity index (χ1v) is 11.0. The number of benzene rings is 3. The maximum absolute atomic E-state index is 12.7. The smallest absolute Gasteiger partial charge is 0.237 e. The molecule has 0 spiro atoms. The summed E-state index contributed by atoms with van der Waals surface area (Å²) in [7, 11) is 1.74. The number of nitrogens with one attached hydrogen (secondary N) is 2. The van der Waals surface area contributed by atoms with Crippen molar-refractivity contribution in [1.29, 1.82) is 0 Å². The van der Waals surface area contributed by atoms with Crippen LogP contribution in [0.2, 0.25) is 0 Å². The van der Waals surface area contributed by atoms with E-state index >= 15 is 0 Å². The Balaban J connectivity index is 1.32. The van der Waals surface area contributed by atoms with Gasteiger partial charge in [-0.25, -0.2) is 0 Å². The third-order valence-electron chi connectivity index (χ3n) is 6.73. The fraction of sp³-hybridized carbons (Fsp3) is 0.346. The lowest BCUT2D eigenvalue weighted by Crippen LogP contribution is -2.41. The van der Waals surface area contributed by atoms with Gasteiger partial charge in [0.15, 0.2) is 0 Å². The predicted molar refractivity (Wildman–Crippen MR) is 121 cm³/mol. The highest BCUT2D eigenvalue weighted by atomic mass is 16.2. The van der Waals surface area contributed by atoms with E-state index in [0.29, 0.717) is 12.1 Å². The normalized spacial score (nSPS) is 21.8. The summed E-state index contributed by atoms with van der Waals surface area (Å²) in [6.07, 6.45) is 3.03. The van der Waals surface area contributed by atoms with Crippen LogP contribution in [0.3, 0.4) is 0 Å². The molecule has 0 saturated carbocycles. The van der Waals surface area contributed by atoms with Crippen molar-refractivity contribution < 1.29 is 4.79 Å². The van der Waals surface area contributed by atoms with Gasteiger partial charge in [-0.2, -0.15) is 0 Å². The summed E-state index contributed by atoms with van der Waals surface area (Å²) in [5.41, 5.74) is 4.21. The number of carbonyl (C=O) groups is 1. The van der Waals surface area contributed by atoms with Gasteiger partial charge >= 0.3 is 0 Å². The van der Waals surface area contributed by atoms with Crippen LogP contribution in [0.5, 0.6) is 0 Å². The Hall–Kier alpha value is -2.69. The lowest BCUT2D eigenvalue weighted by Gasteiger charge is -2.24. The van der Waals surface area contributed by atoms with Crippen molar-refractivity contribution in [1.82, 2.24) is 15.5 Å². The zero-order chi connectivity index (χ0) is 20.5. The zero-order valence-electron chi connectivity index (χ0n) is 17.5. The molecule has 1 amide bonds. The second kappa shape index (κ2) is 8.21. The third kappa shape index (κ3) is 3.73. The molecular weight excluding hydrogens is 370 g/mol. The van der Waals surface area contributed by atoms with Crippen LogP contribution in [0.25, 0.3) is 10.8 Å². The van der Waals surface area contributed by atoms with Crippen molar-refractivity contribution in [3.8, 4) is 0 Å². The minimum absolute atomic E-state index is 0.0877. The molecule has 1 aliphatic heterocycles. The van der Waals surface area contributed by atoms with E-state index in [2.05, 4.69) is 82.3 Å². The van der Waals surface area contributed by atoms with E-state index in [1.807, 2.05) is 0 Å². The second-order valence-corrected chi connectivity index (χ2v) is 8.67. The molecule has 1 saturated heterocycles. The van der Waals surface area contributed by atoms with Gasteiger partial charge in [-0.3, -0.25) is 9.69 Å². The first-order chi connectivity index (χ1) is 14.7. The largest absolute Gasteiger partial charge is 0.358 e. The van der Waals surface area contributed by atoms with E-state index in [0.717, 1.165) is 32.4 Å². The third-order valence-corrected chi connectivity index (χ3v) is 6.73. The molecule has 3 aromatic carbocycles. The summed E-state index contributed by atoms with van der Waals surface area (Å²) in [5, 5.41) is 9.27. The molecular formula is C26H29N3O. The van der Waals surface area contributed by atoms with Crippen molar-refractivity contribution in [3.05, 3.63) is 83.4 Å². The molecule has 0 aromatic heterocycles. The molecule has 4 heteroatoms. The Morgan fingerprint density at radius 2 is 1.63 bits per heavy atom. The summed E-state index contributed by atoms with van der Waals surface area (Å²) in [5.74, 6) is 0.120. The number of likely N-dealkylation sites (N-methyl/N-ethyl adjacent to an activating group) is 1. The van der Waals surface area contributed by atoms with Gasteiger partial charge in [-0.05, 0) is 46.7 Å². The van der Waals surface area contributed by atoms with Gasteiger partial charge in [0.2, 0.25) is 5.91 Å². The molecule has 3 aromatic rings. The monoisotopic (exact) mass is 399 g/mol. The van der Waals surface area contributed by atoms with Crippen molar-refractivity contribution >= 4 is 16.7 Å². The first kappa shape index (κ1) is 19.3. The molecule has 1 aliphatic carbocycles. The highest BCUT2D eigenvalue weighted by molar-refractivity contribution is 5.86. The van der Waals surface area contributed by atoms with Crippen LogP contribution in [0.15, 0.2) is 66.7 Å². The number of fused-ring (bicyclic) bond motifs is 2. The fourth-order valence-electron chi connectivity index (χ4n) is 5.30. The Morgan fingerprint density at radius 3 is 2.40 bits per heavy atom. The first-order valence-electron chi connectivity index (χ1n) is 11.0. The molecule has 5 rings (SSSR count). The number of amides is 1. The summed E-state index contributed by atoms with van der Waals surface area (Å²) in [6.45, 7) is 1.69. The van der Waals surface area contributed by atoms with Gasteiger partial charge < -0.3 is 10.6 Å². The van der Waals surface area contributed by atoms with Crippen molar-refractivity contribution in [3.63, 3.8) is 0 Å². The van der Waals surface area contributed by atoms with E-state index in [1.165, 1.54) is 27.5 Å². The van der Waals surface area contributed by atoms with E-state index in [4.69, 9.17) is 0 Å². The zero-order valence-corrected chi connectivity index (χ0v) is 17.5. The van der Waals surface area contributed by atoms with Crippen molar-refractivity contribution in [2.45, 2.75) is 43.9 Å². The van der Waals surface area contributed by atoms with Crippen LogP contribution in [0.1, 0.15) is 23.1 Å². The van der Waals surface area contributed by atoms with Crippen LogP contribution >= 0.6 is 0 Å². The van der Waals surface area contributed by atoms with Gasteiger partial charge in [0, 0.05) is 32.2 Å². The molecule has 2 aliphatic rings. The lowest BCUT2D eigenvalue weighted by molar-refractivity contribution is -0.125. The van der Waals surface area contributed by atoms with Crippen LogP contribution in [0, 0.1) is 0 Å². The quantitative estimate of drug-likeness (QED) is 0.692. The lowest BCUT2D eigenvalue weighted by atomic mass is 10.0. The average molecular weight is 400 g/mol. The van der Waals surface area contributed by atoms with Gasteiger partial charge in [-0.15, -0.1) is 0 Å². The average Bonchev–Trinajstić information content (AvgIpc) is 3.37. The molecule has 1 fully saturated rings. The number of hydrogen-bond acceptors (Lipinski definition) is 3. The number of likely N-dealkylation sites (tertiary alicyclic amines) is 1. The molecule has 0 unspecified atom stereocenters. The molecule has 4 nitrogen and oxygen atoms in total. The summed E-state index contributed by atoms with van der Waals surface area (Å²) >= 11 is 0. The topological polar surface area (TPSA) is 44.4 Å². The van der Waals surface area contributed by atoms with Crippen LogP contribution in [0.4, 0.5) is 0 Å². The van der Waals surface area contributed by atoms with Crippen LogP contribution < -0.4 is 10.6 Å². The van der Waals surface area contributed by atoms with E-state index in [1.54, 1.807) is 7.05 Å². The minimum atomic E-state index is -0.0877. The summed E-state index contributed by atoms with van der Waals surface area (Å²) in [6, 6.07) is 24.4. The maximum Gasteiger partial charge on any atom is 0.237 e. The molecule has 30 heavy (non-hydrogen) atoms. The van der Waals surface area contributed by atoms with Crippen LogP contribution in [-0.2, 0) is 24.2 Å². The predicted octanol–water partition coefficient (Wildman–Crippen LogP) is 3.29. The van der Waals surface area contributed by atoms with E-state index in [9.17, 15) is 4.79 Å². The van der Waals surface area contributed by atoms with Gasteiger partial charge in [-0.1, -0.05) is 66.7 Å². The van der Waals surface area contributed by atoms with Crippen molar-refractivity contribution in [2.24, 2.45) is 0 Å². The molecule has 2 atom stereocenters. The second-order valence-electron chi connectivity index (χ2n) is 8.67. The van der Waals surface area contributed by atoms with E-state index < -0.39 is 0 Å². The number of carbonyl (C=O) groups excluding carboxylic acids is 1. The Morgan fingerprint density at radius 1 is 0.933 bits per heavy atom. The van der Waals surface area contributed by atoms with Crippen molar-refractivity contribution in [2.75, 3.05) is 13.6 Å². The minimum Gasteiger partial charge on any atom is -0.358 e. The highest BCUT2D eigenvalue weighted by Gasteiger charge is 2.37. The molecule has 2 N–H and O–H groups in total. The number of rotatable bonds is 5. The molecule has 1 heterocycles. The summed E-state index contributed by atoms with van der Waals surface area (Å²) in [4.78, 5) is 15.0. The van der Waals surface area contributed by atoms with Gasteiger partial charge in [0.1, 0.15) is 0 Å². The number of hydrogen-bond donors (Lipinski definition) is 2. The Bertz CT molecular complexity index is 1030. The molecule has 0 radical (unpaired) electrons. The standard InChI is InChI=1S/C26H29N3O/c1-27-26(30)25-15-23(28-22-13-19-8-2-3-9-20(19)14-22)17-29(25)16-21-11-6-10-18-7-4-5-12-24(18)21/h2-12,22-23,25,28H,13-17H2,1H3,(H,27,30)/t23-,25+/m1/s1. The Kier molecular flexibility index (Phi) is 5.28. The molecule has 0 bridgehead atoms. The maximum atomic E-state index is 12.7. The Labute approximate surface area is 178 Å². The molecule has 154 valence electrons.